The highest BCUT2D eigenvalue weighted by Crippen LogP contribution is 2.31. The van der Waals surface area contributed by atoms with Crippen LogP contribution in [-0.2, 0) is 6.54 Å². The molecule has 4 heteroatoms. The summed E-state index contributed by atoms with van der Waals surface area (Å²) >= 11 is 0. The molecule has 0 amide bonds. The molecule has 0 spiro atoms. The van der Waals surface area contributed by atoms with Gasteiger partial charge in [0.25, 0.3) is 0 Å². The summed E-state index contributed by atoms with van der Waals surface area (Å²) in [7, 11) is 1.64. The molecule has 1 aromatic carbocycles. The zero-order valence-electron chi connectivity index (χ0n) is 12.8. The lowest BCUT2D eigenvalue weighted by molar-refractivity contribution is 0.374. The quantitative estimate of drug-likeness (QED) is 0.788. The van der Waals surface area contributed by atoms with E-state index in [-0.39, 0.29) is 0 Å². The minimum atomic E-state index is 0.566. The van der Waals surface area contributed by atoms with Gasteiger partial charge in [-0.25, -0.2) is 4.98 Å². The third-order valence-corrected chi connectivity index (χ3v) is 3.09. The standard InChI is InChI=1S/C17H22N2O2/c1-4-9-18-11-14-6-8-17(19-12-14)21-15-7-5-13(2)10-16(15)20-3/h5-8,10,12,18H,4,9,11H2,1-3H3. The maximum absolute atomic E-state index is 5.78. The highest BCUT2D eigenvalue weighted by molar-refractivity contribution is 5.44. The van der Waals surface area contributed by atoms with E-state index in [0.29, 0.717) is 17.4 Å². The van der Waals surface area contributed by atoms with E-state index in [1.165, 1.54) is 0 Å². The molecule has 0 saturated heterocycles. The summed E-state index contributed by atoms with van der Waals surface area (Å²) in [6.45, 7) is 6.01. The largest absolute Gasteiger partial charge is 0.493 e. The van der Waals surface area contributed by atoms with Crippen LogP contribution in [0.3, 0.4) is 0 Å². The molecule has 4 nitrogen and oxygen atoms in total. The molecule has 0 saturated carbocycles. The van der Waals surface area contributed by atoms with E-state index < -0.39 is 0 Å². The third kappa shape index (κ3) is 4.46. The van der Waals surface area contributed by atoms with Crippen LogP contribution >= 0.6 is 0 Å². The van der Waals surface area contributed by atoms with Gasteiger partial charge in [0.2, 0.25) is 5.88 Å². The Morgan fingerprint density at radius 1 is 1.14 bits per heavy atom. The first kappa shape index (κ1) is 15.3. The number of pyridine rings is 1. The van der Waals surface area contributed by atoms with Crippen molar-refractivity contribution >= 4 is 0 Å². The predicted molar refractivity (Wildman–Crippen MR) is 84.0 cm³/mol. The molecule has 1 heterocycles. The molecule has 1 aromatic heterocycles. The van der Waals surface area contributed by atoms with Crippen molar-refractivity contribution in [3.63, 3.8) is 0 Å². The molecule has 0 aliphatic heterocycles. The van der Waals surface area contributed by atoms with Gasteiger partial charge in [-0.3, -0.25) is 0 Å². The second-order valence-corrected chi connectivity index (χ2v) is 4.94. The lowest BCUT2D eigenvalue weighted by Gasteiger charge is -2.10. The van der Waals surface area contributed by atoms with E-state index in [1.54, 1.807) is 7.11 Å². The van der Waals surface area contributed by atoms with E-state index in [9.17, 15) is 0 Å². The van der Waals surface area contributed by atoms with Crippen LogP contribution in [0.2, 0.25) is 0 Å². The molecule has 21 heavy (non-hydrogen) atoms. The van der Waals surface area contributed by atoms with Crippen LogP contribution in [-0.4, -0.2) is 18.6 Å². The molecular weight excluding hydrogens is 264 g/mol. The normalized spacial score (nSPS) is 10.4. The number of ether oxygens (including phenoxy) is 2. The number of hydrogen-bond donors (Lipinski definition) is 1. The maximum Gasteiger partial charge on any atom is 0.219 e. The maximum atomic E-state index is 5.78. The Bertz CT molecular complexity index is 568. The van der Waals surface area contributed by atoms with Crippen LogP contribution in [0.15, 0.2) is 36.5 Å². The molecule has 0 unspecified atom stereocenters. The Labute approximate surface area is 126 Å². The van der Waals surface area contributed by atoms with Gasteiger partial charge in [-0.2, -0.15) is 0 Å². The molecule has 1 N–H and O–H groups in total. The molecule has 0 atom stereocenters. The van der Waals surface area contributed by atoms with Crippen molar-refractivity contribution in [2.24, 2.45) is 0 Å². The van der Waals surface area contributed by atoms with Crippen LogP contribution in [0.1, 0.15) is 24.5 Å². The number of rotatable bonds is 7. The number of nitrogens with one attached hydrogen (secondary N) is 1. The van der Waals surface area contributed by atoms with Gasteiger partial charge in [0.15, 0.2) is 11.5 Å². The van der Waals surface area contributed by atoms with Crippen molar-refractivity contribution in [2.45, 2.75) is 26.8 Å². The predicted octanol–water partition coefficient (Wildman–Crippen LogP) is 3.69. The molecule has 0 fully saturated rings. The molecule has 0 aliphatic rings. The fourth-order valence-corrected chi connectivity index (χ4v) is 1.96. The fraction of sp³-hybridized carbons (Fsp3) is 0.353. The van der Waals surface area contributed by atoms with Gasteiger partial charge in [0, 0.05) is 18.8 Å². The topological polar surface area (TPSA) is 43.4 Å². The molecule has 2 rings (SSSR count). The average Bonchev–Trinajstić information content (AvgIpc) is 2.51. The first-order valence-electron chi connectivity index (χ1n) is 7.21. The van der Waals surface area contributed by atoms with Crippen LogP contribution in [0, 0.1) is 6.92 Å². The van der Waals surface area contributed by atoms with Gasteiger partial charge in [-0.15, -0.1) is 0 Å². The lowest BCUT2D eigenvalue weighted by atomic mass is 10.2. The first-order valence-corrected chi connectivity index (χ1v) is 7.21. The van der Waals surface area contributed by atoms with Gasteiger partial charge in [-0.1, -0.05) is 19.1 Å². The number of aromatic nitrogens is 1. The molecule has 0 aliphatic carbocycles. The third-order valence-electron chi connectivity index (χ3n) is 3.09. The summed E-state index contributed by atoms with van der Waals surface area (Å²) in [5, 5.41) is 3.34. The average molecular weight is 286 g/mol. The lowest BCUT2D eigenvalue weighted by Crippen LogP contribution is -2.13. The Hall–Kier alpha value is -2.07. The van der Waals surface area contributed by atoms with Gasteiger partial charge < -0.3 is 14.8 Å². The van der Waals surface area contributed by atoms with Gasteiger partial charge >= 0.3 is 0 Å². The van der Waals surface area contributed by atoms with E-state index in [4.69, 9.17) is 9.47 Å². The summed E-state index contributed by atoms with van der Waals surface area (Å²) in [6, 6.07) is 9.72. The van der Waals surface area contributed by atoms with E-state index in [1.807, 2.05) is 43.5 Å². The summed E-state index contributed by atoms with van der Waals surface area (Å²) in [5.41, 5.74) is 2.27. The smallest absolute Gasteiger partial charge is 0.219 e. The number of hydrogen-bond acceptors (Lipinski definition) is 4. The molecule has 0 bridgehead atoms. The monoisotopic (exact) mass is 286 g/mol. The summed E-state index contributed by atoms with van der Waals surface area (Å²) in [6.07, 6.45) is 2.96. The van der Waals surface area contributed by atoms with Crippen molar-refractivity contribution in [2.75, 3.05) is 13.7 Å². The molecule has 0 radical (unpaired) electrons. The highest BCUT2D eigenvalue weighted by atomic mass is 16.5. The van der Waals surface area contributed by atoms with Crippen molar-refractivity contribution in [1.29, 1.82) is 0 Å². The van der Waals surface area contributed by atoms with Crippen LogP contribution in [0.5, 0.6) is 17.4 Å². The molecular formula is C17H22N2O2. The Morgan fingerprint density at radius 2 is 2.00 bits per heavy atom. The van der Waals surface area contributed by atoms with E-state index in [0.717, 1.165) is 30.6 Å². The number of methoxy groups -OCH3 is 1. The van der Waals surface area contributed by atoms with Crippen LogP contribution in [0.4, 0.5) is 0 Å². The Balaban J connectivity index is 2.03. The zero-order chi connectivity index (χ0) is 15.1. The number of benzene rings is 1. The Morgan fingerprint density at radius 3 is 2.67 bits per heavy atom. The minimum Gasteiger partial charge on any atom is -0.493 e. The fourth-order valence-electron chi connectivity index (χ4n) is 1.96. The van der Waals surface area contributed by atoms with Gasteiger partial charge in [0.1, 0.15) is 0 Å². The first-order chi connectivity index (χ1) is 10.2. The van der Waals surface area contributed by atoms with E-state index >= 15 is 0 Å². The number of aryl methyl sites for hydroxylation is 1. The summed E-state index contributed by atoms with van der Waals surface area (Å²) in [4.78, 5) is 4.33. The zero-order valence-corrected chi connectivity index (χ0v) is 12.8. The van der Waals surface area contributed by atoms with Crippen molar-refractivity contribution < 1.29 is 9.47 Å². The Kier molecular flexibility index (Phi) is 5.58. The van der Waals surface area contributed by atoms with Gasteiger partial charge in [0.05, 0.1) is 7.11 Å². The highest BCUT2D eigenvalue weighted by Gasteiger charge is 2.06. The minimum absolute atomic E-state index is 0.566. The van der Waals surface area contributed by atoms with Crippen molar-refractivity contribution in [3.8, 4) is 17.4 Å². The molecule has 2 aromatic rings. The molecule has 112 valence electrons. The van der Waals surface area contributed by atoms with Crippen molar-refractivity contribution in [3.05, 3.63) is 47.7 Å². The summed E-state index contributed by atoms with van der Waals surface area (Å²) in [5.74, 6) is 1.95. The summed E-state index contributed by atoms with van der Waals surface area (Å²) < 4.78 is 11.1. The SMILES string of the molecule is CCCNCc1ccc(Oc2ccc(C)cc2OC)nc1. The second kappa shape index (κ2) is 7.64. The van der Waals surface area contributed by atoms with Crippen molar-refractivity contribution in [1.82, 2.24) is 10.3 Å². The van der Waals surface area contributed by atoms with Crippen LogP contribution < -0.4 is 14.8 Å². The van der Waals surface area contributed by atoms with E-state index in [2.05, 4.69) is 17.2 Å². The van der Waals surface area contributed by atoms with Crippen LogP contribution in [0.25, 0.3) is 0 Å². The van der Waals surface area contributed by atoms with Gasteiger partial charge in [-0.05, 0) is 43.1 Å². The second-order valence-electron chi connectivity index (χ2n) is 4.94. The number of nitrogens with zero attached hydrogens (tertiary/aromatic N) is 1.